The van der Waals surface area contributed by atoms with Gasteiger partial charge in [-0.1, -0.05) is 162 Å². The van der Waals surface area contributed by atoms with Crippen LogP contribution in [-0.4, -0.2) is 95.4 Å². The second-order valence-corrected chi connectivity index (χ2v) is 15.6. The molecule has 1 rings (SSSR count). The van der Waals surface area contributed by atoms with Crippen LogP contribution < -0.4 is 5.32 Å². The predicted octanol–water partition coefficient (Wildman–Crippen LogP) is 6.66. The van der Waals surface area contributed by atoms with Crippen LogP contribution in [-0.2, 0) is 28.9 Å². The molecule has 0 saturated carbocycles. The Bertz CT molecular complexity index is 941. The van der Waals surface area contributed by atoms with Crippen LogP contribution in [0.5, 0.6) is 0 Å². The number of hydrogen-bond donors (Lipinski definition) is 6. The number of carbonyl (C=O) groups is 1. The Morgan fingerprint density at radius 2 is 1.14 bits per heavy atom. The van der Waals surface area contributed by atoms with Crippen LogP contribution in [0.1, 0.15) is 181 Å². The molecule has 0 spiro atoms. The number of aliphatic hydroxyl groups excluding tert-OH is 4. The van der Waals surface area contributed by atoms with Crippen molar-refractivity contribution in [1.82, 2.24) is 5.32 Å². The fraction of sp³-hybridized carbons (Fsp3) is 0.974. The van der Waals surface area contributed by atoms with Crippen LogP contribution in [0.15, 0.2) is 0 Å². The van der Waals surface area contributed by atoms with Crippen molar-refractivity contribution >= 4 is 16.3 Å². The van der Waals surface area contributed by atoms with Gasteiger partial charge in [-0.3, -0.25) is 9.35 Å². The summed E-state index contributed by atoms with van der Waals surface area (Å²) in [5.41, 5.74) is 0. The average Bonchev–Trinajstić information content (AvgIpc) is 3.09. The molecule has 1 heterocycles. The first kappa shape index (κ1) is 48.1. The SMILES string of the molecule is CCCCCCCCCCCCCCCCCC(O)C(COC1OC(CO)C(O)C(OS(=O)(=O)O)C1O)NC(=O)CCCCCCCCCCC. The molecule has 1 aliphatic heterocycles. The second kappa shape index (κ2) is 30.4. The molecule has 7 atom stereocenters. The maximum absolute atomic E-state index is 12.9. The number of carbonyl (C=O) groups excluding carboxylic acids is 1. The van der Waals surface area contributed by atoms with Gasteiger partial charge >= 0.3 is 10.4 Å². The van der Waals surface area contributed by atoms with Crippen molar-refractivity contribution in [2.45, 2.75) is 224 Å². The highest BCUT2D eigenvalue weighted by molar-refractivity contribution is 7.80. The molecule has 12 nitrogen and oxygen atoms in total. The first-order valence-electron chi connectivity index (χ1n) is 20.4. The van der Waals surface area contributed by atoms with Crippen LogP contribution in [0.2, 0.25) is 0 Å². The lowest BCUT2D eigenvalue weighted by molar-refractivity contribution is -0.298. The lowest BCUT2D eigenvalue weighted by atomic mass is 9.99. The molecule has 0 radical (unpaired) electrons. The molecule has 51 heavy (non-hydrogen) atoms. The summed E-state index contributed by atoms with van der Waals surface area (Å²) in [7, 11) is -5.06. The first-order chi connectivity index (χ1) is 24.5. The monoisotopic (exact) mass is 754 g/mol. The molecule has 13 heteroatoms. The predicted molar refractivity (Wildman–Crippen MR) is 199 cm³/mol. The number of ether oxygens (including phenoxy) is 2. The smallest absolute Gasteiger partial charge is 0.394 e. The van der Waals surface area contributed by atoms with Crippen LogP contribution in [0.4, 0.5) is 0 Å². The Kier molecular flexibility index (Phi) is 28.7. The summed E-state index contributed by atoms with van der Waals surface area (Å²) in [6, 6.07) is -0.848. The Hall–Kier alpha value is -0.900. The zero-order chi connectivity index (χ0) is 37.7. The van der Waals surface area contributed by atoms with E-state index >= 15 is 0 Å². The number of unbranched alkanes of at least 4 members (excludes halogenated alkanes) is 22. The minimum atomic E-state index is -5.06. The third-order valence-electron chi connectivity index (χ3n) is 9.92. The summed E-state index contributed by atoms with van der Waals surface area (Å²) in [5, 5.41) is 44.6. The van der Waals surface area contributed by atoms with Crippen molar-refractivity contribution in [2.24, 2.45) is 0 Å². The van der Waals surface area contributed by atoms with E-state index in [1.807, 2.05) is 0 Å². The number of aliphatic hydroxyl groups is 4. The quantitative estimate of drug-likeness (QED) is 0.0304. The largest absolute Gasteiger partial charge is 0.397 e. The van der Waals surface area contributed by atoms with E-state index in [4.69, 9.17) is 14.0 Å². The molecule has 304 valence electrons. The van der Waals surface area contributed by atoms with E-state index in [9.17, 15) is 33.6 Å². The number of amides is 1. The molecule has 0 aliphatic carbocycles. The summed E-state index contributed by atoms with van der Waals surface area (Å²) in [6.07, 6.45) is 19.8. The van der Waals surface area contributed by atoms with Gasteiger partial charge in [0.25, 0.3) is 0 Å². The van der Waals surface area contributed by atoms with Crippen molar-refractivity contribution in [3.05, 3.63) is 0 Å². The van der Waals surface area contributed by atoms with Crippen molar-refractivity contribution in [1.29, 1.82) is 0 Å². The number of hydrogen-bond acceptors (Lipinski definition) is 10. The van der Waals surface area contributed by atoms with Gasteiger partial charge in [0.05, 0.1) is 25.4 Å². The molecule has 7 unspecified atom stereocenters. The molecule has 0 aromatic carbocycles. The van der Waals surface area contributed by atoms with Crippen molar-refractivity contribution in [3.8, 4) is 0 Å². The molecule has 1 amide bonds. The summed E-state index contributed by atoms with van der Waals surface area (Å²) in [6.45, 7) is 3.40. The van der Waals surface area contributed by atoms with E-state index < -0.39 is 59.9 Å². The molecule has 1 saturated heterocycles. The van der Waals surface area contributed by atoms with E-state index in [2.05, 4.69) is 23.3 Å². The molecular formula is C38H75NO11S. The lowest BCUT2D eigenvalue weighted by Gasteiger charge is -2.41. The number of nitrogens with one attached hydrogen (secondary N) is 1. The van der Waals surface area contributed by atoms with Gasteiger partial charge in [-0.05, 0) is 12.8 Å². The standard InChI is InChI=1S/C38H75NO11S/c1-3-5-7-9-11-13-14-15-16-17-18-20-21-23-25-27-32(41)31(39-34(42)28-26-24-22-19-12-10-8-6-4-2)30-48-38-36(44)37(50-51(45,46)47)35(43)33(29-40)49-38/h31-33,35-38,40-41,43-44H,3-30H2,1-2H3,(H,39,42)(H,45,46,47). The van der Waals surface area contributed by atoms with Gasteiger partial charge in [0.2, 0.25) is 5.91 Å². The summed E-state index contributed by atoms with van der Waals surface area (Å²) < 4.78 is 47.4. The maximum Gasteiger partial charge on any atom is 0.397 e. The van der Waals surface area contributed by atoms with Crippen molar-refractivity contribution in [3.63, 3.8) is 0 Å². The normalized spacial score (nSPS) is 22.2. The first-order valence-corrected chi connectivity index (χ1v) is 21.8. The molecule has 1 fully saturated rings. The van der Waals surface area contributed by atoms with Crippen LogP contribution in [0.25, 0.3) is 0 Å². The minimum absolute atomic E-state index is 0.233. The third-order valence-corrected chi connectivity index (χ3v) is 10.4. The van der Waals surface area contributed by atoms with Crippen molar-refractivity contribution < 1.29 is 51.8 Å². The van der Waals surface area contributed by atoms with Crippen LogP contribution in [0.3, 0.4) is 0 Å². The molecule has 6 N–H and O–H groups in total. The fourth-order valence-electron chi connectivity index (χ4n) is 6.69. The van der Waals surface area contributed by atoms with Crippen molar-refractivity contribution in [2.75, 3.05) is 13.2 Å². The Morgan fingerprint density at radius 3 is 1.57 bits per heavy atom. The topological polar surface area (TPSA) is 192 Å². The Labute approximate surface area is 309 Å². The molecular weight excluding hydrogens is 678 g/mol. The summed E-state index contributed by atoms with van der Waals surface area (Å²) >= 11 is 0. The highest BCUT2D eigenvalue weighted by Crippen LogP contribution is 2.26. The summed E-state index contributed by atoms with van der Waals surface area (Å²) in [4.78, 5) is 12.9. The maximum atomic E-state index is 12.9. The van der Waals surface area contributed by atoms with E-state index in [1.165, 1.54) is 103 Å². The van der Waals surface area contributed by atoms with Gasteiger partial charge in [0.15, 0.2) is 6.29 Å². The van der Waals surface area contributed by atoms with Gasteiger partial charge in [0.1, 0.15) is 24.4 Å². The van der Waals surface area contributed by atoms with Gasteiger partial charge < -0.3 is 35.2 Å². The van der Waals surface area contributed by atoms with E-state index in [-0.39, 0.29) is 12.5 Å². The lowest BCUT2D eigenvalue weighted by Crippen LogP contribution is -2.61. The second-order valence-electron chi connectivity index (χ2n) is 14.6. The zero-order valence-corrected chi connectivity index (χ0v) is 32.8. The van der Waals surface area contributed by atoms with Gasteiger partial charge in [-0.25, -0.2) is 4.18 Å². The minimum Gasteiger partial charge on any atom is -0.394 e. The number of rotatable bonds is 34. The highest BCUT2D eigenvalue weighted by Gasteiger charge is 2.48. The summed E-state index contributed by atoms with van der Waals surface area (Å²) in [5.74, 6) is -0.233. The van der Waals surface area contributed by atoms with Crippen LogP contribution in [0, 0.1) is 0 Å². The van der Waals surface area contributed by atoms with Gasteiger partial charge in [-0.2, -0.15) is 8.42 Å². The van der Waals surface area contributed by atoms with Gasteiger partial charge in [0, 0.05) is 6.42 Å². The van der Waals surface area contributed by atoms with Crippen LogP contribution >= 0.6 is 0 Å². The average molecular weight is 754 g/mol. The highest BCUT2D eigenvalue weighted by atomic mass is 32.3. The Morgan fingerprint density at radius 1 is 0.706 bits per heavy atom. The zero-order valence-electron chi connectivity index (χ0n) is 31.9. The third kappa shape index (κ3) is 24.2. The molecule has 0 bridgehead atoms. The fourth-order valence-corrected chi connectivity index (χ4v) is 7.20. The van der Waals surface area contributed by atoms with E-state index in [0.29, 0.717) is 12.8 Å². The van der Waals surface area contributed by atoms with E-state index in [1.54, 1.807) is 0 Å². The van der Waals surface area contributed by atoms with E-state index in [0.717, 1.165) is 51.4 Å². The molecule has 1 aliphatic rings. The van der Waals surface area contributed by atoms with Gasteiger partial charge in [-0.15, -0.1) is 0 Å². The molecule has 0 aromatic heterocycles. The Balaban J connectivity index is 2.55. The molecule has 0 aromatic rings.